The summed E-state index contributed by atoms with van der Waals surface area (Å²) < 4.78 is 0. The zero-order chi connectivity index (χ0) is 9.97. The molecule has 1 heterocycles. The summed E-state index contributed by atoms with van der Waals surface area (Å²) in [6.45, 7) is 2.12. The Balaban J connectivity index is 1.90. The van der Waals surface area contributed by atoms with E-state index in [1.807, 2.05) is 11.3 Å². The van der Waals surface area contributed by atoms with Crippen LogP contribution in [0, 0.1) is 0 Å². The van der Waals surface area contributed by atoms with Crippen molar-refractivity contribution in [3.63, 3.8) is 0 Å². The molecule has 0 amide bonds. The average molecular weight is 210 g/mol. The first-order valence-corrected chi connectivity index (χ1v) is 6.07. The summed E-state index contributed by atoms with van der Waals surface area (Å²) in [5.74, 6) is 0. The molecule has 78 valence electrons. The van der Waals surface area contributed by atoms with Gasteiger partial charge in [0.15, 0.2) is 0 Å². The molecule has 0 unspecified atom stereocenters. The number of hydrogen-bond acceptors (Lipinski definition) is 3. The molecule has 2 nitrogen and oxygen atoms in total. The Bertz CT molecular complexity index is 289. The molecule has 1 aliphatic rings. The van der Waals surface area contributed by atoms with Crippen molar-refractivity contribution in [1.29, 1.82) is 0 Å². The number of nitrogens with zero attached hydrogens (tertiary/aromatic N) is 1. The quantitative estimate of drug-likeness (QED) is 0.800. The van der Waals surface area contributed by atoms with Gasteiger partial charge in [-0.1, -0.05) is 0 Å². The van der Waals surface area contributed by atoms with E-state index in [2.05, 4.69) is 35.8 Å². The van der Waals surface area contributed by atoms with E-state index in [4.69, 9.17) is 0 Å². The number of thiophene rings is 1. The van der Waals surface area contributed by atoms with E-state index in [1.54, 1.807) is 0 Å². The first kappa shape index (κ1) is 10.1. The summed E-state index contributed by atoms with van der Waals surface area (Å²) in [7, 11) is 4.24. The molecular formula is C11H18N2S. The van der Waals surface area contributed by atoms with Gasteiger partial charge in [0.05, 0.1) is 0 Å². The standard InChI is InChI=1S/C11H18N2S/c1-13(2)8-9-5-6-14-11(9)7-12-10-3-4-10/h5-6,10,12H,3-4,7-8H2,1-2H3. The van der Waals surface area contributed by atoms with Crippen LogP contribution in [0.2, 0.25) is 0 Å². The molecule has 1 N–H and O–H groups in total. The van der Waals surface area contributed by atoms with E-state index >= 15 is 0 Å². The molecule has 0 spiro atoms. The van der Waals surface area contributed by atoms with Crippen LogP contribution in [0.25, 0.3) is 0 Å². The molecule has 14 heavy (non-hydrogen) atoms. The molecule has 1 aromatic rings. The molecule has 1 fully saturated rings. The molecule has 0 radical (unpaired) electrons. The molecule has 0 aromatic carbocycles. The Morgan fingerprint density at radius 3 is 2.93 bits per heavy atom. The van der Waals surface area contributed by atoms with Gasteiger partial charge in [-0.3, -0.25) is 0 Å². The van der Waals surface area contributed by atoms with Gasteiger partial charge in [-0.15, -0.1) is 11.3 Å². The van der Waals surface area contributed by atoms with Crippen molar-refractivity contribution in [2.24, 2.45) is 0 Å². The van der Waals surface area contributed by atoms with Crippen LogP contribution < -0.4 is 5.32 Å². The zero-order valence-corrected chi connectivity index (χ0v) is 9.73. The highest BCUT2D eigenvalue weighted by Crippen LogP contribution is 2.22. The van der Waals surface area contributed by atoms with Gasteiger partial charge in [0.2, 0.25) is 0 Å². The highest BCUT2D eigenvalue weighted by atomic mass is 32.1. The largest absolute Gasteiger partial charge is 0.309 e. The Hall–Kier alpha value is -0.380. The van der Waals surface area contributed by atoms with E-state index in [9.17, 15) is 0 Å². The summed E-state index contributed by atoms with van der Waals surface area (Å²) in [6.07, 6.45) is 2.74. The van der Waals surface area contributed by atoms with E-state index in [0.717, 1.165) is 19.1 Å². The van der Waals surface area contributed by atoms with Crippen molar-refractivity contribution in [3.05, 3.63) is 21.9 Å². The molecule has 0 bridgehead atoms. The first-order chi connectivity index (χ1) is 6.75. The van der Waals surface area contributed by atoms with Crippen molar-refractivity contribution in [3.8, 4) is 0 Å². The van der Waals surface area contributed by atoms with E-state index in [1.165, 1.54) is 23.3 Å². The van der Waals surface area contributed by atoms with E-state index in [0.29, 0.717) is 0 Å². The number of rotatable bonds is 5. The summed E-state index contributed by atoms with van der Waals surface area (Å²) >= 11 is 1.87. The third-order valence-corrected chi connectivity index (χ3v) is 3.42. The van der Waals surface area contributed by atoms with Gasteiger partial charge in [0.25, 0.3) is 0 Å². The zero-order valence-electron chi connectivity index (χ0n) is 8.92. The van der Waals surface area contributed by atoms with E-state index < -0.39 is 0 Å². The third-order valence-electron chi connectivity index (χ3n) is 2.45. The lowest BCUT2D eigenvalue weighted by Crippen LogP contribution is -2.17. The fourth-order valence-corrected chi connectivity index (χ4v) is 2.38. The minimum Gasteiger partial charge on any atom is -0.309 e. The fourth-order valence-electron chi connectivity index (χ4n) is 1.53. The monoisotopic (exact) mass is 210 g/mol. The van der Waals surface area contributed by atoms with Crippen LogP contribution in [-0.4, -0.2) is 25.0 Å². The minimum atomic E-state index is 0.810. The van der Waals surface area contributed by atoms with Gasteiger partial charge in [-0.2, -0.15) is 0 Å². The third kappa shape index (κ3) is 2.80. The summed E-state index contributed by atoms with van der Waals surface area (Å²) in [5, 5.41) is 5.76. The molecule has 1 aromatic heterocycles. The molecular weight excluding hydrogens is 192 g/mol. The van der Waals surface area contributed by atoms with Gasteiger partial charge in [0.1, 0.15) is 0 Å². The van der Waals surface area contributed by atoms with Crippen molar-refractivity contribution in [2.45, 2.75) is 32.0 Å². The maximum atomic E-state index is 3.56. The minimum absolute atomic E-state index is 0.810. The summed E-state index contributed by atoms with van der Waals surface area (Å²) in [5.41, 5.74) is 1.48. The second kappa shape index (κ2) is 4.43. The van der Waals surface area contributed by atoms with Crippen LogP contribution >= 0.6 is 11.3 Å². The van der Waals surface area contributed by atoms with Gasteiger partial charge < -0.3 is 10.2 Å². The molecule has 3 heteroatoms. The summed E-state index contributed by atoms with van der Waals surface area (Å²) in [4.78, 5) is 3.73. The second-order valence-corrected chi connectivity index (χ2v) is 5.26. The lowest BCUT2D eigenvalue weighted by atomic mass is 10.2. The highest BCUT2D eigenvalue weighted by Gasteiger charge is 2.20. The topological polar surface area (TPSA) is 15.3 Å². The van der Waals surface area contributed by atoms with Crippen LogP contribution in [0.1, 0.15) is 23.3 Å². The maximum Gasteiger partial charge on any atom is 0.0305 e. The van der Waals surface area contributed by atoms with Crippen LogP contribution in [0.4, 0.5) is 0 Å². The van der Waals surface area contributed by atoms with Crippen LogP contribution in [0.15, 0.2) is 11.4 Å². The van der Waals surface area contributed by atoms with Crippen molar-refractivity contribution >= 4 is 11.3 Å². The maximum absolute atomic E-state index is 3.56. The molecule has 1 aliphatic carbocycles. The molecule has 2 rings (SSSR count). The van der Waals surface area contributed by atoms with Crippen molar-refractivity contribution < 1.29 is 0 Å². The Kier molecular flexibility index (Phi) is 3.21. The molecule has 0 saturated heterocycles. The molecule has 0 aliphatic heterocycles. The van der Waals surface area contributed by atoms with Crippen LogP contribution in [-0.2, 0) is 13.1 Å². The van der Waals surface area contributed by atoms with Crippen LogP contribution in [0.3, 0.4) is 0 Å². The smallest absolute Gasteiger partial charge is 0.0305 e. The predicted octanol–water partition coefficient (Wildman–Crippen LogP) is 2.06. The van der Waals surface area contributed by atoms with Gasteiger partial charge >= 0.3 is 0 Å². The number of nitrogens with one attached hydrogen (secondary N) is 1. The highest BCUT2D eigenvalue weighted by molar-refractivity contribution is 7.10. The lowest BCUT2D eigenvalue weighted by Gasteiger charge is -2.10. The van der Waals surface area contributed by atoms with Crippen molar-refractivity contribution in [1.82, 2.24) is 10.2 Å². The second-order valence-electron chi connectivity index (χ2n) is 4.26. The Morgan fingerprint density at radius 1 is 1.50 bits per heavy atom. The Labute approximate surface area is 89.9 Å². The van der Waals surface area contributed by atoms with Gasteiger partial charge in [-0.05, 0) is 43.9 Å². The average Bonchev–Trinajstić information content (AvgIpc) is 2.85. The Morgan fingerprint density at radius 2 is 2.29 bits per heavy atom. The molecule has 0 atom stereocenters. The van der Waals surface area contributed by atoms with E-state index in [-0.39, 0.29) is 0 Å². The molecule has 1 saturated carbocycles. The predicted molar refractivity (Wildman–Crippen MR) is 61.6 cm³/mol. The normalized spacial score (nSPS) is 16.5. The fraction of sp³-hybridized carbons (Fsp3) is 0.636. The van der Waals surface area contributed by atoms with Crippen LogP contribution in [0.5, 0.6) is 0 Å². The summed E-state index contributed by atoms with van der Waals surface area (Å²) in [6, 6.07) is 3.05. The van der Waals surface area contributed by atoms with Gasteiger partial charge in [0, 0.05) is 24.0 Å². The van der Waals surface area contributed by atoms with Crippen molar-refractivity contribution in [2.75, 3.05) is 14.1 Å². The number of hydrogen-bond donors (Lipinski definition) is 1. The van der Waals surface area contributed by atoms with Gasteiger partial charge in [-0.25, -0.2) is 0 Å². The SMILES string of the molecule is CN(C)Cc1ccsc1CNC1CC1. The first-order valence-electron chi connectivity index (χ1n) is 5.19. The lowest BCUT2D eigenvalue weighted by molar-refractivity contribution is 0.401.